The summed E-state index contributed by atoms with van der Waals surface area (Å²) in [7, 11) is 0. The van der Waals surface area contributed by atoms with Crippen LogP contribution in [0.1, 0.15) is 63.0 Å². The molecule has 28 heavy (non-hydrogen) atoms. The van der Waals surface area contributed by atoms with Crippen LogP contribution in [-0.4, -0.2) is 54.4 Å². The van der Waals surface area contributed by atoms with Crippen molar-refractivity contribution in [2.24, 2.45) is 5.92 Å². The van der Waals surface area contributed by atoms with E-state index in [0.717, 1.165) is 50.1 Å². The van der Waals surface area contributed by atoms with Crippen molar-refractivity contribution in [3.63, 3.8) is 0 Å². The second kappa shape index (κ2) is 9.44. The fourth-order valence-electron chi connectivity index (χ4n) is 4.11. The number of ether oxygens (including phenoxy) is 1. The lowest BCUT2D eigenvalue weighted by Crippen LogP contribution is -2.46. The lowest BCUT2D eigenvalue weighted by molar-refractivity contribution is -0.142. The molecule has 0 unspecified atom stereocenters. The first-order valence-electron chi connectivity index (χ1n) is 10.8. The van der Waals surface area contributed by atoms with Gasteiger partial charge < -0.3 is 14.5 Å². The number of amides is 2. The van der Waals surface area contributed by atoms with E-state index in [1.54, 1.807) is 0 Å². The molecule has 0 aliphatic carbocycles. The quantitative estimate of drug-likeness (QED) is 0.774. The first-order chi connectivity index (χ1) is 13.5. The highest BCUT2D eigenvalue weighted by molar-refractivity contribution is 5.80. The van der Waals surface area contributed by atoms with Crippen LogP contribution in [0.5, 0.6) is 5.75 Å². The van der Waals surface area contributed by atoms with Gasteiger partial charge in [-0.05, 0) is 62.1 Å². The summed E-state index contributed by atoms with van der Waals surface area (Å²) in [6.07, 6.45) is 5.01. The molecule has 5 heteroatoms. The molecule has 0 radical (unpaired) electrons. The van der Waals surface area contributed by atoms with Crippen LogP contribution in [0.4, 0.5) is 0 Å². The molecule has 0 spiro atoms. The van der Waals surface area contributed by atoms with E-state index < -0.39 is 0 Å². The zero-order chi connectivity index (χ0) is 20.1. The number of piperidine rings is 2. The molecule has 5 nitrogen and oxygen atoms in total. The normalized spacial score (nSPS) is 18.4. The Kier molecular flexibility index (Phi) is 6.97. The fourth-order valence-corrected chi connectivity index (χ4v) is 4.11. The number of aryl methyl sites for hydroxylation is 1. The van der Waals surface area contributed by atoms with Crippen LogP contribution in [0, 0.1) is 12.8 Å². The number of benzene rings is 1. The van der Waals surface area contributed by atoms with Crippen molar-refractivity contribution in [1.82, 2.24) is 9.80 Å². The highest BCUT2D eigenvalue weighted by atomic mass is 16.5. The van der Waals surface area contributed by atoms with Gasteiger partial charge in [0.05, 0.1) is 0 Å². The molecule has 2 amide bonds. The fraction of sp³-hybridized carbons (Fsp3) is 0.652. The van der Waals surface area contributed by atoms with Gasteiger partial charge in [-0.1, -0.05) is 26.0 Å². The van der Waals surface area contributed by atoms with E-state index in [-0.39, 0.29) is 18.4 Å². The van der Waals surface area contributed by atoms with E-state index in [0.29, 0.717) is 24.9 Å². The SMILES string of the molecule is Cc1ccc(C(C)C)cc1OCC(=O)N1CCC(C(=O)N2CCCCC2)CC1. The Hall–Kier alpha value is -2.04. The molecule has 1 aromatic carbocycles. The van der Waals surface area contributed by atoms with Gasteiger partial charge in [0.15, 0.2) is 6.61 Å². The number of carbonyl (C=O) groups excluding carboxylic acids is 2. The zero-order valence-corrected chi connectivity index (χ0v) is 17.6. The lowest BCUT2D eigenvalue weighted by Gasteiger charge is -2.35. The zero-order valence-electron chi connectivity index (χ0n) is 17.6. The topological polar surface area (TPSA) is 49.9 Å². The minimum absolute atomic E-state index is 0.0122. The second-order valence-electron chi connectivity index (χ2n) is 8.51. The van der Waals surface area contributed by atoms with Crippen molar-refractivity contribution in [3.05, 3.63) is 29.3 Å². The highest BCUT2D eigenvalue weighted by Crippen LogP contribution is 2.25. The molecule has 0 bridgehead atoms. The summed E-state index contributed by atoms with van der Waals surface area (Å²) >= 11 is 0. The van der Waals surface area contributed by atoms with Gasteiger partial charge in [-0.2, -0.15) is 0 Å². The Balaban J connectivity index is 1.48. The summed E-state index contributed by atoms with van der Waals surface area (Å²) in [5.41, 5.74) is 2.26. The maximum Gasteiger partial charge on any atom is 0.260 e. The number of likely N-dealkylation sites (tertiary alicyclic amines) is 2. The molecular weight excluding hydrogens is 352 g/mol. The first-order valence-corrected chi connectivity index (χ1v) is 10.8. The minimum atomic E-state index is 0.0122. The third-order valence-electron chi connectivity index (χ3n) is 6.09. The van der Waals surface area contributed by atoms with Gasteiger partial charge in [0.2, 0.25) is 5.91 Å². The van der Waals surface area contributed by atoms with Gasteiger partial charge in [0.25, 0.3) is 5.91 Å². The van der Waals surface area contributed by atoms with Crippen molar-refractivity contribution >= 4 is 11.8 Å². The highest BCUT2D eigenvalue weighted by Gasteiger charge is 2.30. The molecule has 2 aliphatic rings. The van der Waals surface area contributed by atoms with Crippen LogP contribution < -0.4 is 4.74 Å². The predicted octanol–water partition coefficient (Wildman–Crippen LogP) is 3.75. The predicted molar refractivity (Wildman–Crippen MR) is 110 cm³/mol. The first kappa shape index (κ1) is 20.7. The number of hydrogen-bond acceptors (Lipinski definition) is 3. The van der Waals surface area contributed by atoms with Crippen LogP contribution in [0.2, 0.25) is 0 Å². The summed E-state index contributed by atoms with van der Waals surface area (Å²) in [5, 5.41) is 0. The summed E-state index contributed by atoms with van der Waals surface area (Å²) in [5.74, 6) is 1.60. The Morgan fingerprint density at radius 2 is 1.71 bits per heavy atom. The average Bonchev–Trinajstić information content (AvgIpc) is 2.73. The van der Waals surface area contributed by atoms with Crippen molar-refractivity contribution in [3.8, 4) is 5.75 Å². The van der Waals surface area contributed by atoms with Crippen LogP contribution in [0.3, 0.4) is 0 Å². The van der Waals surface area contributed by atoms with Gasteiger partial charge in [0, 0.05) is 32.1 Å². The Bertz CT molecular complexity index is 687. The number of carbonyl (C=O) groups is 2. The molecule has 2 aliphatic heterocycles. The molecule has 154 valence electrons. The van der Waals surface area contributed by atoms with Gasteiger partial charge >= 0.3 is 0 Å². The smallest absolute Gasteiger partial charge is 0.260 e. The van der Waals surface area contributed by atoms with Gasteiger partial charge in [0.1, 0.15) is 5.75 Å². The molecule has 0 N–H and O–H groups in total. The molecule has 1 aromatic rings. The molecule has 0 atom stereocenters. The van der Waals surface area contributed by atoms with Crippen molar-refractivity contribution in [1.29, 1.82) is 0 Å². The van der Waals surface area contributed by atoms with Crippen LogP contribution in [-0.2, 0) is 9.59 Å². The Morgan fingerprint density at radius 3 is 2.36 bits per heavy atom. The average molecular weight is 387 g/mol. The largest absolute Gasteiger partial charge is 0.483 e. The third kappa shape index (κ3) is 5.06. The van der Waals surface area contributed by atoms with Crippen molar-refractivity contribution in [2.75, 3.05) is 32.8 Å². The van der Waals surface area contributed by atoms with Gasteiger partial charge in [-0.3, -0.25) is 9.59 Å². The molecule has 2 fully saturated rings. The Morgan fingerprint density at radius 1 is 1.04 bits per heavy atom. The van der Waals surface area contributed by atoms with Crippen LogP contribution in [0.25, 0.3) is 0 Å². The summed E-state index contributed by atoms with van der Waals surface area (Å²) < 4.78 is 5.85. The van der Waals surface area contributed by atoms with Gasteiger partial charge in [-0.25, -0.2) is 0 Å². The molecule has 2 heterocycles. The van der Waals surface area contributed by atoms with Crippen LogP contribution in [0.15, 0.2) is 18.2 Å². The summed E-state index contributed by atoms with van der Waals surface area (Å²) in [6, 6.07) is 6.20. The third-order valence-corrected chi connectivity index (χ3v) is 6.09. The van der Waals surface area contributed by atoms with Crippen molar-refractivity contribution in [2.45, 2.75) is 58.8 Å². The molecule has 3 rings (SSSR count). The molecular formula is C23H34N2O3. The number of hydrogen-bond donors (Lipinski definition) is 0. The number of rotatable bonds is 5. The van der Waals surface area contributed by atoms with E-state index in [2.05, 4.69) is 19.9 Å². The number of nitrogens with zero attached hydrogens (tertiary/aromatic N) is 2. The van der Waals surface area contributed by atoms with E-state index >= 15 is 0 Å². The van der Waals surface area contributed by atoms with E-state index in [4.69, 9.17) is 4.74 Å². The minimum Gasteiger partial charge on any atom is -0.483 e. The van der Waals surface area contributed by atoms with Crippen molar-refractivity contribution < 1.29 is 14.3 Å². The van der Waals surface area contributed by atoms with E-state index in [1.807, 2.05) is 28.9 Å². The maximum absolute atomic E-state index is 12.7. The standard InChI is InChI=1S/C23H34N2O3/c1-17(2)20-8-7-18(3)21(15-20)28-16-22(26)24-13-9-19(10-14-24)23(27)25-11-5-4-6-12-25/h7-8,15,17,19H,4-6,9-14,16H2,1-3H3. The molecule has 0 saturated carbocycles. The Labute approximate surface area is 169 Å². The maximum atomic E-state index is 12.7. The lowest BCUT2D eigenvalue weighted by atomic mass is 9.94. The van der Waals surface area contributed by atoms with Crippen LogP contribution >= 0.6 is 0 Å². The second-order valence-corrected chi connectivity index (χ2v) is 8.51. The van der Waals surface area contributed by atoms with E-state index in [1.165, 1.54) is 12.0 Å². The summed E-state index contributed by atoms with van der Waals surface area (Å²) in [6.45, 7) is 9.47. The summed E-state index contributed by atoms with van der Waals surface area (Å²) in [4.78, 5) is 29.1. The monoisotopic (exact) mass is 386 g/mol. The molecule has 2 saturated heterocycles. The van der Waals surface area contributed by atoms with E-state index in [9.17, 15) is 9.59 Å². The van der Waals surface area contributed by atoms with Gasteiger partial charge in [-0.15, -0.1) is 0 Å². The molecule has 0 aromatic heterocycles.